The number of carbonyl (C=O) groups is 4. The van der Waals surface area contributed by atoms with Crippen molar-refractivity contribution in [2.75, 3.05) is 6.54 Å². The van der Waals surface area contributed by atoms with Crippen molar-refractivity contribution in [1.82, 2.24) is 15.1 Å². The molecular formula is C27H30ClN3O4. The van der Waals surface area contributed by atoms with Gasteiger partial charge in [0.15, 0.2) is 0 Å². The number of halogens is 1. The molecule has 7 nitrogen and oxygen atoms in total. The van der Waals surface area contributed by atoms with Crippen molar-refractivity contribution in [3.05, 3.63) is 70.2 Å². The molecule has 1 aliphatic heterocycles. The number of benzene rings is 2. The van der Waals surface area contributed by atoms with Gasteiger partial charge in [0, 0.05) is 30.6 Å². The average Bonchev–Trinajstić information content (AvgIpc) is 3.45. The highest BCUT2D eigenvalue weighted by atomic mass is 35.5. The van der Waals surface area contributed by atoms with Crippen LogP contribution in [0.3, 0.4) is 0 Å². The SMILES string of the molecule is CC(C(=O)NC1CCCC1)N(Cc1ccccc1Cl)C(=O)CCCN1C(=O)c2ccccc2C1=O. The Morgan fingerprint density at radius 1 is 1.03 bits per heavy atom. The quantitative estimate of drug-likeness (QED) is 0.528. The first-order chi connectivity index (χ1) is 16.9. The van der Waals surface area contributed by atoms with Crippen LogP contribution in [0.1, 0.15) is 71.7 Å². The van der Waals surface area contributed by atoms with Gasteiger partial charge in [0.2, 0.25) is 11.8 Å². The van der Waals surface area contributed by atoms with Gasteiger partial charge in [-0.1, -0.05) is 54.8 Å². The summed E-state index contributed by atoms with van der Waals surface area (Å²) in [7, 11) is 0. The summed E-state index contributed by atoms with van der Waals surface area (Å²) >= 11 is 6.34. The summed E-state index contributed by atoms with van der Waals surface area (Å²) in [4.78, 5) is 54.2. The molecule has 8 heteroatoms. The van der Waals surface area contributed by atoms with Crippen LogP contribution in [-0.2, 0) is 16.1 Å². The number of carbonyl (C=O) groups excluding carboxylic acids is 4. The molecule has 0 radical (unpaired) electrons. The molecule has 1 atom stereocenters. The zero-order valence-corrected chi connectivity index (χ0v) is 20.6. The fraction of sp³-hybridized carbons (Fsp3) is 0.407. The first-order valence-electron chi connectivity index (χ1n) is 12.1. The van der Waals surface area contributed by atoms with Gasteiger partial charge in [-0.2, -0.15) is 0 Å². The fourth-order valence-corrected chi connectivity index (χ4v) is 4.95. The smallest absolute Gasteiger partial charge is 0.261 e. The van der Waals surface area contributed by atoms with E-state index in [1.165, 1.54) is 9.80 Å². The Morgan fingerprint density at radius 3 is 2.26 bits per heavy atom. The number of hydrogen-bond acceptors (Lipinski definition) is 4. The minimum absolute atomic E-state index is 0.0961. The number of rotatable bonds is 9. The summed E-state index contributed by atoms with van der Waals surface area (Å²) < 4.78 is 0. The summed E-state index contributed by atoms with van der Waals surface area (Å²) in [5, 5.41) is 3.60. The first kappa shape index (κ1) is 24.9. The normalized spacial score (nSPS) is 16.3. The van der Waals surface area contributed by atoms with Gasteiger partial charge >= 0.3 is 0 Å². The lowest BCUT2D eigenvalue weighted by Crippen LogP contribution is -2.49. The average molecular weight is 496 g/mol. The summed E-state index contributed by atoms with van der Waals surface area (Å²) in [5.41, 5.74) is 1.53. The van der Waals surface area contributed by atoms with E-state index in [2.05, 4.69) is 5.32 Å². The van der Waals surface area contributed by atoms with Gasteiger partial charge in [-0.05, 0) is 49.9 Å². The topological polar surface area (TPSA) is 86.8 Å². The van der Waals surface area contributed by atoms with E-state index >= 15 is 0 Å². The van der Waals surface area contributed by atoms with Crippen LogP contribution in [0.25, 0.3) is 0 Å². The molecule has 184 valence electrons. The van der Waals surface area contributed by atoms with E-state index in [1.807, 2.05) is 18.2 Å². The summed E-state index contributed by atoms with van der Waals surface area (Å²) in [5.74, 6) is -1.08. The molecule has 0 aromatic heterocycles. The van der Waals surface area contributed by atoms with Gasteiger partial charge in [-0.25, -0.2) is 0 Å². The molecule has 35 heavy (non-hydrogen) atoms. The Balaban J connectivity index is 1.42. The molecule has 1 unspecified atom stereocenters. The van der Waals surface area contributed by atoms with Crippen LogP contribution in [0.5, 0.6) is 0 Å². The molecule has 2 aromatic rings. The van der Waals surface area contributed by atoms with E-state index in [1.54, 1.807) is 37.3 Å². The minimum Gasteiger partial charge on any atom is -0.352 e. The molecular weight excluding hydrogens is 466 g/mol. The lowest BCUT2D eigenvalue weighted by molar-refractivity contribution is -0.141. The maximum absolute atomic E-state index is 13.3. The molecule has 0 spiro atoms. The molecule has 1 fully saturated rings. The number of imide groups is 1. The van der Waals surface area contributed by atoms with Crippen LogP contribution >= 0.6 is 11.6 Å². The zero-order chi connectivity index (χ0) is 24.9. The van der Waals surface area contributed by atoms with Crippen molar-refractivity contribution < 1.29 is 19.2 Å². The van der Waals surface area contributed by atoms with Crippen molar-refractivity contribution in [2.45, 2.75) is 64.1 Å². The van der Waals surface area contributed by atoms with E-state index in [0.29, 0.717) is 22.6 Å². The number of hydrogen-bond donors (Lipinski definition) is 1. The van der Waals surface area contributed by atoms with E-state index in [4.69, 9.17) is 11.6 Å². The molecule has 1 saturated carbocycles. The van der Waals surface area contributed by atoms with Gasteiger partial charge in [0.1, 0.15) is 6.04 Å². The summed E-state index contributed by atoms with van der Waals surface area (Å²) in [6, 6.07) is 13.4. The second kappa shape index (κ2) is 11.0. The van der Waals surface area contributed by atoms with Crippen LogP contribution in [0.15, 0.2) is 48.5 Å². The number of nitrogens with one attached hydrogen (secondary N) is 1. The number of fused-ring (bicyclic) bond motifs is 1. The standard InChI is InChI=1S/C27H30ClN3O4/c1-18(25(33)29-20-10-3-4-11-20)31(17-19-9-2-7-14-23(19)28)24(32)15-8-16-30-26(34)21-12-5-6-13-22(21)27(30)35/h2,5-7,9,12-14,18,20H,3-4,8,10-11,15-17H2,1H3,(H,29,33). The molecule has 1 N–H and O–H groups in total. The third-order valence-corrected chi connectivity index (χ3v) is 7.19. The predicted octanol–water partition coefficient (Wildman–Crippen LogP) is 4.19. The molecule has 2 aliphatic rings. The molecule has 0 saturated heterocycles. The van der Waals surface area contributed by atoms with Crippen LogP contribution < -0.4 is 5.32 Å². The third-order valence-electron chi connectivity index (χ3n) is 6.82. The minimum atomic E-state index is -0.682. The Hall–Kier alpha value is -3.19. The van der Waals surface area contributed by atoms with Crippen molar-refractivity contribution in [3.63, 3.8) is 0 Å². The maximum atomic E-state index is 13.3. The zero-order valence-electron chi connectivity index (χ0n) is 19.8. The Bertz CT molecular complexity index is 1090. The number of amides is 4. The van der Waals surface area contributed by atoms with Crippen molar-refractivity contribution >= 4 is 35.2 Å². The maximum Gasteiger partial charge on any atom is 0.261 e. The first-order valence-corrected chi connectivity index (χ1v) is 12.5. The Kier molecular flexibility index (Phi) is 7.86. The highest BCUT2D eigenvalue weighted by Gasteiger charge is 2.35. The van der Waals surface area contributed by atoms with Crippen LogP contribution in [0.2, 0.25) is 5.02 Å². The summed E-state index contributed by atoms with van der Waals surface area (Å²) in [6.07, 6.45) is 4.51. The van der Waals surface area contributed by atoms with Crippen LogP contribution in [0, 0.1) is 0 Å². The molecule has 4 amide bonds. The lowest BCUT2D eigenvalue weighted by Gasteiger charge is -2.30. The van der Waals surface area contributed by atoms with E-state index in [-0.39, 0.29) is 49.2 Å². The van der Waals surface area contributed by atoms with E-state index < -0.39 is 6.04 Å². The number of nitrogens with zero attached hydrogens (tertiary/aromatic N) is 2. The molecule has 2 aromatic carbocycles. The second-order valence-electron chi connectivity index (χ2n) is 9.19. The fourth-order valence-electron chi connectivity index (χ4n) is 4.76. The highest BCUT2D eigenvalue weighted by molar-refractivity contribution is 6.31. The van der Waals surface area contributed by atoms with Gasteiger partial charge in [-0.3, -0.25) is 24.1 Å². The molecule has 1 aliphatic carbocycles. The Morgan fingerprint density at radius 2 is 1.63 bits per heavy atom. The van der Waals surface area contributed by atoms with Gasteiger partial charge < -0.3 is 10.2 Å². The van der Waals surface area contributed by atoms with Gasteiger partial charge in [-0.15, -0.1) is 0 Å². The van der Waals surface area contributed by atoms with Crippen LogP contribution in [-0.4, -0.2) is 52.1 Å². The highest BCUT2D eigenvalue weighted by Crippen LogP contribution is 2.24. The lowest BCUT2D eigenvalue weighted by atomic mass is 10.1. The molecule has 4 rings (SSSR count). The second-order valence-corrected chi connectivity index (χ2v) is 9.60. The monoisotopic (exact) mass is 495 g/mol. The van der Waals surface area contributed by atoms with Crippen molar-refractivity contribution in [3.8, 4) is 0 Å². The molecule has 1 heterocycles. The van der Waals surface area contributed by atoms with E-state index in [0.717, 1.165) is 31.2 Å². The summed E-state index contributed by atoms with van der Waals surface area (Å²) in [6.45, 7) is 2.06. The third kappa shape index (κ3) is 5.56. The predicted molar refractivity (Wildman–Crippen MR) is 133 cm³/mol. The van der Waals surface area contributed by atoms with Gasteiger partial charge in [0.25, 0.3) is 11.8 Å². The van der Waals surface area contributed by atoms with Crippen LogP contribution in [0.4, 0.5) is 0 Å². The molecule has 0 bridgehead atoms. The largest absolute Gasteiger partial charge is 0.352 e. The Labute approximate surface area is 210 Å². The van der Waals surface area contributed by atoms with Gasteiger partial charge in [0.05, 0.1) is 11.1 Å². The van der Waals surface area contributed by atoms with E-state index in [9.17, 15) is 19.2 Å². The van der Waals surface area contributed by atoms with Crippen molar-refractivity contribution in [1.29, 1.82) is 0 Å². The van der Waals surface area contributed by atoms with Crippen molar-refractivity contribution in [2.24, 2.45) is 0 Å².